The van der Waals surface area contributed by atoms with Crippen LogP contribution in [0.1, 0.15) is 61.5 Å². The van der Waals surface area contributed by atoms with Crippen molar-refractivity contribution >= 4 is 26.0 Å². The number of ketones is 1. The molecule has 2 amide bonds. The largest absolute Gasteiger partial charge is 1.00 e. The van der Waals surface area contributed by atoms with Crippen LogP contribution >= 0.6 is 0 Å². The number of ether oxygens (including phenoxy) is 2. The van der Waals surface area contributed by atoms with Crippen LogP contribution in [0, 0.1) is 23.3 Å². The zero-order chi connectivity index (χ0) is 55.0. The van der Waals surface area contributed by atoms with Crippen molar-refractivity contribution < 1.29 is 118 Å². The van der Waals surface area contributed by atoms with Gasteiger partial charge in [0.25, 0.3) is 0 Å². The van der Waals surface area contributed by atoms with E-state index in [9.17, 15) is 72.2 Å². The number of carbonyl (C=O) groups excluding carboxylic acids is 3. The zero-order valence-electron chi connectivity index (χ0n) is 42.0. The van der Waals surface area contributed by atoms with Crippen molar-refractivity contribution in [3.05, 3.63) is 202 Å². The van der Waals surface area contributed by atoms with Gasteiger partial charge in [0.2, 0.25) is 11.8 Å². The van der Waals surface area contributed by atoms with E-state index in [1.54, 1.807) is 60.7 Å². The Morgan fingerprint density at radius 2 is 0.882 bits per heavy atom. The average Bonchev–Trinajstić information content (AvgIpc) is 3.32. The summed E-state index contributed by atoms with van der Waals surface area (Å²) in [5, 5.41) is 22.1. The number of hydrogen-bond acceptors (Lipinski definition) is 7. The monoisotopic (exact) mass is 1090 g/mol. The molecular weight excluding hydrogens is 1040 g/mol. The standard InChI is InChI=1S/C26H23F6NO3.C26H21F6NO3.CH4O.B.Na.H/c2*1-16(34)11-23(35)33-25(15-17-5-3-2-4-6-17,18-7-9-20(27)10-8-18)19-12-21(28)14-22(13-19)36-26(31,32)24(29)30;1-2;;;/h2-10,12-14,16,24,34H,11,15H2,1H3,(H,33,35);2-10,12-14,24H,11,15H2,1H3,(H,33,35);2H,1H3;;;/q;;;;+1;-1/t16?,25-;25-;;;;/m11..../s1. The molecule has 0 aliphatic carbocycles. The Kier molecular flexibility index (Phi) is 25.3. The summed E-state index contributed by atoms with van der Waals surface area (Å²) in [4.78, 5) is 37.3. The number of amides is 2. The molecule has 3 atom stereocenters. The molecule has 9 nitrogen and oxygen atoms in total. The van der Waals surface area contributed by atoms with E-state index in [0.717, 1.165) is 55.6 Å². The van der Waals surface area contributed by atoms with Crippen molar-refractivity contribution in [1.29, 1.82) is 0 Å². The van der Waals surface area contributed by atoms with Crippen molar-refractivity contribution in [3.63, 3.8) is 0 Å². The van der Waals surface area contributed by atoms with Gasteiger partial charge in [-0.25, -0.2) is 17.6 Å². The van der Waals surface area contributed by atoms with Crippen molar-refractivity contribution in [2.45, 2.75) is 81.8 Å². The maximum absolute atomic E-state index is 14.7. The fraction of sp³-hybridized carbons (Fsp3) is 0.264. The number of Topliss-reactive ketones (excluding diaryl/α,β-unsaturated/α-hetero) is 1. The smallest absolute Gasteiger partial charge is 1.00 e. The first-order valence-electron chi connectivity index (χ1n) is 22.0. The summed E-state index contributed by atoms with van der Waals surface area (Å²) in [5.41, 5.74) is -2.06. The number of alkyl halides is 8. The maximum atomic E-state index is 14.7. The SMILES string of the molecule is CC(=O)CC(=O)N[C@](Cc1ccccc1)(c1ccc(F)cc1)c1cc(F)cc(OC(F)(F)C(F)F)c1.CC(O)CC(=O)N[C@](Cc1ccccc1)(c1ccc(F)cc1)c1cc(F)cc(OC(F)(F)C(F)F)c1.CO.[B].[H-].[Na+]. The second-order valence-electron chi connectivity index (χ2n) is 16.5. The number of aliphatic hydroxyl groups is 2. The molecule has 0 spiro atoms. The van der Waals surface area contributed by atoms with E-state index < -0.39 is 101 Å². The van der Waals surface area contributed by atoms with Gasteiger partial charge in [0, 0.05) is 40.5 Å². The molecule has 4 N–H and O–H groups in total. The van der Waals surface area contributed by atoms with E-state index in [1.165, 1.54) is 38.1 Å². The minimum absolute atomic E-state index is 0. The molecule has 3 radical (unpaired) electrons. The number of carbonyl (C=O) groups is 3. The van der Waals surface area contributed by atoms with Crippen molar-refractivity contribution in [2.75, 3.05) is 7.11 Å². The van der Waals surface area contributed by atoms with Gasteiger partial charge in [0.1, 0.15) is 40.6 Å². The topological polar surface area (TPSA) is 134 Å². The van der Waals surface area contributed by atoms with Crippen LogP contribution in [0.5, 0.6) is 11.5 Å². The first-order chi connectivity index (χ1) is 34.8. The summed E-state index contributed by atoms with van der Waals surface area (Å²) in [7, 11) is 1.00. The van der Waals surface area contributed by atoms with Crippen LogP contribution in [0.2, 0.25) is 0 Å². The second-order valence-corrected chi connectivity index (χ2v) is 16.5. The minimum atomic E-state index is -4.92. The predicted molar refractivity (Wildman–Crippen MR) is 253 cm³/mol. The van der Waals surface area contributed by atoms with Gasteiger partial charge in [0.15, 0.2) is 0 Å². The Bertz CT molecular complexity index is 2800. The Morgan fingerprint density at radius 3 is 1.20 bits per heavy atom. The third-order valence-electron chi connectivity index (χ3n) is 10.6. The normalized spacial score (nSPS) is 13.1. The number of halogens is 12. The summed E-state index contributed by atoms with van der Waals surface area (Å²) in [6.45, 7) is 2.55. The van der Waals surface area contributed by atoms with E-state index in [1.807, 2.05) is 0 Å². The molecule has 0 fully saturated rings. The molecule has 0 aliphatic heterocycles. The van der Waals surface area contributed by atoms with E-state index in [2.05, 4.69) is 20.1 Å². The van der Waals surface area contributed by atoms with Gasteiger partial charge in [-0.05, 0) is 95.8 Å². The van der Waals surface area contributed by atoms with E-state index >= 15 is 0 Å². The van der Waals surface area contributed by atoms with Crippen LogP contribution in [0.25, 0.3) is 0 Å². The van der Waals surface area contributed by atoms with Crippen LogP contribution in [0.4, 0.5) is 52.7 Å². The summed E-state index contributed by atoms with van der Waals surface area (Å²) in [6, 6.07) is 31.2. The van der Waals surface area contributed by atoms with E-state index in [0.29, 0.717) is 23.3 Å². The van der Waals surface area contributed by atoms with Crippen LogP contribution in [0.15, 0.2) is 146 Å². The summed E-state index contributed by atoms with van der Waals surface area (Å²) in [6.07, 6.45) is -20.3. The molecule has 6 aromatic rings. The number of hydrogen-bond donors (Lipinski definition) is 4. The van der Waals surface area contributed by atoms with Gasteiger partial charge in [-0.15, -0.1) is 0 Å². The molecule has 0 heterocycles. The third kappa shape index (κ3) is 18.5. The van der Waals surface area contributed by atoms with Gasteiger partial charge < -0.3 is 31.7 Å². The number of nitrogens with one attached hydrogen (secondary N) is 2. The predicted octanol–water partition coefficient (Wildman–Crippen LogP) is 7.70. The van der Waals surface area contributed by atoms with E-state index in [4.69, 9.17) is 5.11 Å². The molecule has 401 valence electrons. The van der Waals surface area contributed by atoms with Gasteiger partial charge in [0.05, 0.1) is 30.0 Å². The molecule has 6 aromatic carbocycles. The van der Waals surface area contributed by atoms with Crippen LogP contribution in [-0.4, -0.2) is 74.5 Å². The Hall–Kier alpha value is -6.33. The van der Waals surface area contributed by atoms with Gasteiger partial charge in [-0.1, -0.05) is 84.9 Å². The molecule has 23 heteroatoms. The minimum Gasteiger partial charge on any atom is -1.00 e. The number of aliphatic hydroxyl groups excluding tert-OH is 2. The molecule has 0 aromatic heterocycles. The van der Waals surface area contributed by atoms with Crippen molar-refractivity contribution in [3.8, 4) is 11.5 Å². The second kappa shape index (κ2) is 29.3. The van der Waals surface area contributed by atoms with Gasteiger partial charge in [-0.2, -0.15) is 35.1 Å². The zero-order valence-corrected chi connectivity index (χ0v) is 43.0. The fourth-order valence-electron chi connectivity index (χ4n) is 7.60. The Labute approximate surface area is 455 Å². The molecule has 76 heavy (non-hydrogen) atoms. The van der Waals surface area contributed by atoms with E-state index in [-0.39, 0.29) is 80.9 Å². The maximum Gasteiger partial charge on any atom is 1.00 e. The molecule has 6 rings (SSSR count). The fourth-order valence-corrected chi connectivity index (χ4v) is 7.60. The van der Waals surface area contributed by atoms with Crippen molar-refractivity contribution in [1.82, 2.24) is 10.6 Å². The molecule has 0 saturated carbocycles. The molecule has 0 bridgehead atoms. The number of rotatable bonds is 20. The van der Waals surface area contributed by atoms with Gasteiger partial charge >= 0.3 is 54.6 Å². The van der Waals surface area contributed by atoms with Crippen LogP contribution in [0.3, 0.4) is 0 Å². The van der Waals surface area contributed by atoms with Crippen molar-refractivity contribution in [2.24, 2.45) is 0 Å². The molecule has 1 unspecified atom stereocenters. The summed E-state index contributed by atoms with van der Waals surface area (Å²) >= 11 is 0. The quantitative estimate of drug-likeness (QED) is 0.0350. The Balaban J connectivity index is 0.000000719. The van der Waals surface area contributed by atoms with Crippen LogP contribution < -0.4 is 49.7 Å². The number of benzene rings is 6. The Morgan fingerprint density at radius 1 is 0.539 bits per heavy atom. The first kappa shape index (κ1) is 65.8. The molecule has 0 saturated heterocycles. The molecule has 0 aliphatic rings. The van der Waals surface area contributed by atoms with Gasteiger partial charge in [-0.3, -0.25) is 14.4 Å². The summed E-state index contributed by atoms with van der Waals surface area (Å²) in [5.74, 6) is -7.23. The summed E-state index contributed by atoms with van der Waals surface area (Å²) < 4.78 is 170. The third-order valence-corrected chi connectivity index (χ3v) is 10.6. The first-order valence-corrected chi connectivity index (χ1v) is 22.0. The average molecular weight is 1090 g/mol. The molecular formula is C53H49BF12N2NaO7. The van der Waals surface area contributed by atoms with Crippen LogP contribution in [-0.2, 0) is 38.3 Å².